The number of ether oxygens (including phenoxy) is 2. The Morgan fingerprint density at radius 3 is 2.73 bits per heavy atom. The van der Waals surface area contributed by atoms with E-state index in [2.05, 4.69) is 5.32 Å². The van der Waals surface area contributed by atoms with Gasteiger partial charge in [-0.25, -0.2) is 9.18 Å². The van der Waals surface area contributed by atoms with E-state index < -0.39 is 29.0 Å². The number of alkyl carbamates (subject to hydrolysis) is 1. The van der Waals surface area contributed by atoms with Gasteiger partial charge in [0.15, 0.2) is 0 Å². The smallest absolute Gasteiger partial charge is 0.408 e. The molecule has 1 aliphatic rings. The van der Waals surface area contributed by atoms with Crippen LogP contribution in [0.15, 0.2) is 24.3 Å². The molecule has 1 amide bonds. The van der Waals surface area contributed by atoms with Gasteiger partial charge in [0.25, 0.3) is 0 Å². The first-order valence-corrected chi connectivity index (χ1v) is 7.08. The van der Waals surface area contributed by atoms with E-state index in [1.54, 1.807) is 32.9 Å². The molecule has 1 saturated heterocycles. The quantitative estimate of drug-likeness (QED) is 0.871. The van der Waals surface area contributed by atoms with Gasteiger partial charge < -0.3 is 19.6 Å². The maximum atomic E-state index is 14.2. The Labute approximate surface area is 128 Å². The summed E-state index contributed by atoms with van der Waals surface area (Å²) in [5.41, 5.74) is -1.73. The first kappa shape index (κ1) is 16.4. The lowest BCUT2D eigenvalue weighted by Gasteiger charge is -2.34. The fraction of sp³-hybridized carbons (Fsp3) is 0.500. The number of hydrogen-bond acceptors (Lipinski definition) is 4. The Hall–Kier alpha value is -1.95. The average Bonchev–Trinajstić information content (AvgIpc) is 2.80. The SMILES string of the molecule is CC(C)(C)OC(=O)N[C@]1(c2ccccc2F)COCC1C=O. The summed E-state index contributed by atoms with van der Waals surface area (Å²) >= 11 is 0. The maximum absolute atomic E-state index is 14.2. The molecule has 2 atom stereocenters. The Morgan fingerprint density at radius 1 is 1.45 bits per heavy atom. The van der Waals surface area contributed by atoms with Crippen molar-refractivity contribution in [2.45, 2.75) is 31.9 Å². The fourth-order valence-electron chi connectivity index (χ4n) is 2.53. The van der Waals surface area contributed by atoms with Crippen molar-refractivity contribution in [1.29, 1.82) is 0 Å². The maximum Gasteiger partial charge on any atom is 0.408 e. The zero-order valence-corrected chi connectivity index (χ0v) is 12.9. The van der Waals surface area contributed by atoms with E-state index in [1.165, 1.54) is 12.1 Å². The lowest BCUT2D eigenvalue weighted by atomic mass is 9.81. The highest BCUT2D eigenvalue weighted by Crippen LogP contribution is 2.36. The Balaban J connectivity index is 2.38. The molecule has 1 N–H and O–H groups in total. The van der Waals surface area contributed by atoms with Crippen LogP contribution in [0.2, 0.25) is 0 Å². The highest BCUT2D eigenvalue weighted by molar-refractivity contribution is 5.71. The fourth-order valence-corrected chi connectivity index (χ4v) is 2.53. The molecule has 6 heteroatoms. The number of benzene rings is 1. The topological polar surface area (TPSA) is 64.6 Å². The number of nitrogens with one attached hydrogen (secondary N) is 1. The van der Waals surface area contributed by atoms with Crippen LogP contribution in [0.3, 0.4) is 0 Å². The van der Waals surface area contributed by atoms with Crippen molar-refractivity contribution < 1.29 is 23.5 Å². The number of hydrogen-bond donors (Lipinski definition) is 1. The molecule has 2 rings (SSSR count). The lowest BCUT2D eigenvalue weighted by molar-refractivity contribution is -0.112. The van der Waals surface area contributed by atoms with Crippen molar-refractivity contribution in [3.05, 3.63) is 35.6 Å². The van der Waals surface area contributed by atoms with Crippen molar-refractivity contribution in [1.82, 2.24) is 5.32 Å². The number of carbonyl (C=O) groups excluding carboxylic acids is 2. The minimum atomic E-state index is -1.25. The summed E-state index contributed by atoms with van der Waals surface area (Å²) in [5, 5.41) is 2.65. The number of rotatable bonds is 3. The predicted octanol–water partition coefficient (Wildman–Crippen LogP) is 2.39. The van der Waals surface area contributed by atoms with Gasteiger partial charge in [-0.2, -0.15) is 0 Å². The van der Waals surface area contributed by atoms with Crippen LogP contribution >= 0.6 is 0 Å². The molecule has 0 radical (unpaired) electrons. The molecule has 0 aromatic heterocycles. The molecule has 1 aliphatic heterocycles. The summed E-state index contributed by atoms with van der Waals surface area (Å²) < 4.78 is 24.8. The second-order valence-electron chi connectivity index (χ2n) is 6.34. The molecule has 1 aromatic carbocycles. The van der Waals surface area contributed by atoms with Gasteiger partial charge in [-0.1, -0.05) is 18.2 Å². The second-order valence-corrected chi connectivity index (χ2v) is 6.34. The van der Waals surface area contributed by atoms with E-state index in [4.69, 9.17) is 9.47 Å². The lowest BCUT2D eigenvalue weighted by Crippen LogP contribution is -2.53. The van der Waals surface area contributed by atoms with Gasteiger partial charge in [-0.05, 0) is 26.8 Å². The molecule has 0 saturated carbocycles. The summed E-state index contributed by atoms with van der Waals surface area (Å²) in [5.74, 6) is -1.19. The van der Waals surface area contributed by atoms with Gasteiger partial charge >= 0.3 is 6.09 Å². The molecule has 0 aliphatic carbocycles. The van der Waals surface area contributed by atoms with Gasteiger partial charge in [-0.3, -0.25) is 0 Å². The van der Waals surface area contributed by atoms with Crippen molar-refractivity contribution >= 4 is 12.4 Å². The zero-order chi connectivity index (χ0) is 16.4. The summed E-state index contributed by atoms with van der Waals surface area (Å²) in [6.45, 7) is 5.31. The molecule has 22 heavy (non-hydrogen) atoms. The Kier molecular flexibility index (Phi) is 4.51. The summed E-state index contributed by atoms with van der Waals surface area (Å²) in [6.07, 6.45) is -0.0373. The molecule has 120 valence electrons. The highest BCUT2D eigenvalue weighted by atomic mass is 19.1. The van der Waals surface area contributed by atoms with Crippen LogP contribution in [-0.4, -0.2) is 31.2 Å². The monoisotopic (exact) mass is 309 g/mol. The van der Waals surface area contributed by atoms with E-state index in [0.29, 0.717) is 6.29 Å². The summed E-state index contributed by atoms with van der Waals surface area (Å²) in [7, 11) is 0. The number of amides is 1. The molecule has 0 spiro atoms. The Bertz CT molecular complexity index is 570. The summed E-state index contributed by atoms with van der Waals surface area (Å²) in [4.78, 5) is 23.5. The number of halogens is 1. The van der Waals surface area contributed by atoms with Gasteiger partial charge in [-0.15, -0.1) is 0 Å². The third-order valence-corrected chi connectivity index (χ3v) is 3.50. The van der Waals surface area contributed by atoms with Crippen molar-refractivity contribution in [3.63, 3.8) is 0 Å². The molecule has 1 unspecified atom stereocenters. The first-order chi connectivity index (χ1) is 10.3. The third-order valence-electron chi connectivity index (χ3n) is 3.50. The normalized spacial score (nSPS) is 24.8. The van der Waals surface area contributed by atoms with Crippen LogP contribution in [-0.2, 0) is 19.8 Å². The van der Waals surface area contributed by atoms with E-state index in [1.807, 2.05) is 0 Å². The molecule has 5 nitrogen and oxygen atoms in total. The minimum absolute atomic E-state index is 0.0105. The van der Waals surface area contributed by atoms with Crippen LogP contribution in [0.1, 0.15) is 26.3 Å². The van der Waals surface area contributed by atoms with E-state index >= 15 is 0 Å². The summed E-state index contributed by atoms with van der Waals surface area (Å²) in [6, 6.07) is 6.02. The molecule has 1 aromatic rings. The van der Waals surface area contributed by atoms with E-state index in [-0.39, 0.29) is 18.8 Å². The van der Waals surface area contributed by atoms with Crippen LogP contribution in [0.4, 0.5) is 9.18 Å². The van der Waals surface area contributed by atoms with Crippen LogP contribution < -0.4 is 5.32 Å². The van der Waals surface area contributed by atoms with Crippen molar-refractivity contribution in [2.75, 3.05) is 13.2 Å². The predicted molar refractivity (Wildman–Crippen MR) is 77.8 cm³/mol. The molecule has 1 heterocycles. The van der Waals surface area contributed by atoms with Crippen molar-refractivity contribution in [3.8, 4) is 0 Å². The van der Waals surface area contributed by atoms with E-state index in [9.17, 15) is 14.0 Å². The van der Waals surface area contributed by atoms with Crippen molar-refractivity contribution in [2.24, 2.45) is 5.92 Å². The standard InChI is InChI=1S/C16H20FNO4/c1-15(2,3)22-14(20)18-16(10-21-9-11(16)8-19)12-6-4-5-7-13(12)17/h4-8,11H,9-10H2,1-3H3,(H,18,20)/t11?,16-/m1/s1. The zero-order valence-electron chi connectivity index (χ0n) is 12.9. The largest absolute Gasteiger partial charge is 0.444 e. The minimum Gasteiger partial charge on any atom is -0.444 e. The molecular weight excluding hydrogens is 289 g/mol. The number of carbonyl (C=O) groups is 2. The van der Waals surface area contributed by atoms with Crippen LogP contribution in [0, 0.1) is 11.7 Å². The highest BCUT2D eigenvalue weighted by Gasteiger charge is 2.49. The average molecular weight is 309 g/mol. The molecular formula is C16H20FNO4. The molecule has 1 fully saturated rings. The van der Waals surface area contributed by atoms with Crippen LogP contribution in [0.5, 0.6) is 0 Å². The number of aldehydes is 1. The third kappa shape index (κ3) is 3.27. The van der Waals surface area contributed by atoms with Gasteiger partial charge in [0.05, 0.1) is 19.1 Å². The van der Waals surface area contributed by atoms with Gasteiger partial charge in [0, 0.05) is 5.56 Å². The second kappa shape index (κ2) is 6.04. The van der Waals surface area contributed by atoms with Gasteiger partial charge in [0.1, 0.15) is 23.2 Å². The Morgan fingerprint density at radius 2 is 2.14 bits per heavy atom. The van der Waals surface area contributed by atoms with E-state index in [0.717, 1.165) is 0 Å². The first-order valence-electron chi connectivity index (χ1n) is 7.08. The van der Waals surface area contributed by atoms with Crippen LogP contribution in [0.25, 0.3) is 0 Å². The van der Waals surface area contributed by atoms with Gasteiger partial charge in [0.2, 0.25) is 0 Å². The molecule has 0 bridgehead atoms.